The second-order valence-electron chi connectivity index (χ2n) is 7.26. The highest BCUT2D eigenvalue weighted by Gasteiger charge is 2.38. The minimum absolute atomic E-state index is 0.441. The Bertz CT molecular complexity index is 382. The van der Waals surface area contributed by atoms with Crippen molar-refractivity contribution < 1.29 is 0 Å². The summed E-state index contributed by atoms with van der Waals surface area (Å²) in [5.41, 5.74) is 0.441. The Morgan fingerprint density at radius 2 is 2.15 bits per heavy atom. The van der Waals surface area contributed by atoms with Crippen LogP contribution in [0.25, 0.3) is 0 Å². The van der Waals surface area contributed by atoms with Crippen molar-refractivity contribution in [3.63, 3.8) is 0 Å². The summed E-state index contributed by atoms with van der Waals surface area (Å²) < 4.78 is 0. The molecule has 1 aliphatic rings. The van der Waals surface area contributed by atoms with E-state index < -0.39 is 0 Å². The Kier molecular flexibility index (Phi) is 5.68. The van der Waals surface area contributed by atoms with Gasteiger partial charge in [0.15, 0.2) is 0 Å². The van der Waals surface area contributed by atoms with E-state index in [2.05, 4.69) is 50.5 Å². The van der Waals surface area contributed by atoms with Gasteiger partial charge in [-0.2, -0.15) is 0 Å². The van der Waals surface area contributed by atoms with E-state index in [4.69, 9.17) is 0 Å². The first-order chi connectivity index (χ1) is 9.53. The molecule has 1 heterocycles. The van der Waals surface area contributed by atoms with Gasteiger partial charge in [0.25, 0.3) is 0 Å². The SMILES string of the molecule is CCNC1CC(C)CCC1C(C)(C)CCc1cccs1. The maximum atomic E-state index is 3.77. The van der Waals surface area contributed by atoms with Crippen LogP contribution < -0.4 is 5.32 Å². The first-order valence-electron chi connectivity index (χ1n) is 8.28. The summed E-state index contributed by atoms with van der Waals surface area (Å²) in [6.45, 7) is 10.8. The van der Waals surface area contributed by atoms with Crippen LogP contribution in [0, 0.1) is 17.3 Å². The topological polar surface area (TPSA) is 12.0 Å². The predicted octanol–water partition coefficient (Wildman–Crippen LogP) is 5.12. The summed E-state index contributed by atoms with van der Waals surface area (Å²) in [7, 11) is 0. The molecule has 1 nitrogen and oxygen atoms in total. The summed E-state index contributed by atoms with van der Waals surface area (Å²) in [5, 5.41) is 5.97. The molecule has 114 valence electrons. The molecule has 3 atom stereocenters. The number of hydrogen-bond acceptors (Lipinski definition) is 2. The van der Waals surface area contributed by atoms with Gasteiger partial charge in [-0.1, -0.05) is 40.2 Å². The van der Waals surface area contributed by atoms with Crippen molar-refractivity contribution in [2.45, 2.75) is 65.8 Å². The zero-order valence-corrected chi connectivity index (χ0v) is 14.4. The van der Waals surface area contributed by atoms with Crippen molar-refractivity contribution in [1.82, 2.24) is 5.32 Å². The molecular weight excluding hydrogens is 262 g/mol. The van der Waals surface area contributed by atoms with E-state index in [1.807, 2.05) is 11.3 Å². The van der Waals surface area contributed by atoms with Crippen molar-refractivity contribution in [2.24, 2.45) is 17.3 Å². The van der Waals surface area contributed by atoms with Crippen LogP contribution in [0.15, 0.2) is 17.5 Å². The molecule has 0 bridgehead atoms. The molecule has 0 saturated heterocycles. The third kappa shape index (κ3) is 4.08. The van der Waals surface area contributed by atoms with Crippen molar-refractivity contribution in [3.8, 4) is 0 Å². The van der Waals surface area contributed by atoms with Gasteiger partial charge in [-0.05, 0) is 60.9 Å². The minimum Gasteiger partial charge on any atom is -0.314 e. The largest absolute Gasteiger partial charge is 0.314 e. The smallest absolute Gasteiger partial charge is 0.0103 e. The molecule has 1 aliphatic carbocycles. The Balaban J connectivity index is 1.98. The van der Waals surface area contributed by atoms with Crippen LogP contribution in [0.1, 0.15) is 58.3 Å². The quantitative estimate of drug-likeness (QED) is 0.767. The van der Waals surface area contributed by atoms with Crippen LogP contribution in [-0.2, 0) is 6.42 Å². The van der Waals surface area contributed by atoms with Gasteiger partial charge < -0.3 is 5.32 Å². The van der Waals surface area contributed by atoms with E-state index in [9.17, 15) is 0 Å². The zero-order chi connectivity index (χ0) is 14.6. The van der Waals surface area contributed by atoms with E-state index >= 15 is 0 Å². The molecule has 1 aromatic heterocycles. The van der Waals surface area contributed by atoms with Gasteiger partial charge in [0.1, 0.15) is 0 Å². The van der Waals surface area contributed by atoms with Gasteiger partial charge in [0, 0.05) is 10.9 Å². The molecule has 3 unspecified atom stereocenters. The molecule has 2 heteroatoms. The molecule has 0 radical (unpaired) electrons. The van der Waals surface area contributed by atoms with Crippen LogP contribution in [-0.4, -0.2) is 12.6 Å². The molecular formula is C18H31NS. The Labute approximate surface area is 129 Å². The lowest BCUT2D eigenvalue weighted by atomic mass is 9.64. The van der Waals surface area contributed by atoms with Crippen LogP contribution >= 0.6 is 11.3 Å². The average molecular weight is 294 g/mol. The highest BCUT2D eigenvalue weighted by atomic mass is 32.1. The van der Waals surface area contributed by atoms with Crippen LogP contribution in [0.5, 0.6) is 0 Å². The maximum absolute atomic E-state index is 3.77. The number of nitrogens with one attached hydrogen (secondary N) is 1. The molecule has 1 aromatic rings. The van der Waals surface area contributed by atoms with E-state index in [-0.39, 0.29) is 0 Å². The van der Waals surface area contributed by atoms with Gasteiger partial charge in [-0.25, -0.2) is 0 Å². The van der Waals surface area contributed by atoms with Crippen molar-refractivity contribution in [2.75, 3.05) is 6.54 Å². The summed E-state index contributed by atoms with van der Waals surface area (Å²) in [6, 6.07) is 5.18. The fourth-order valence-corrected chi connectivity index (χ4v) is 4.60. The maximum Gasteiger partial charge on any atom is 0.0103 e. The molecule has 1 N–H and O–H groups in total. The second kappa shape index (κ2) is 7.09. The Morgan fingerprint density at radius 1 is 1.35 bits per heavy atom. The average Bonchev–Trinajstić information content (AvgIpc) is 2.90. The lowest BCUT2D eigenvalue weighted by molar-refractivity contribution is 0.0879. The summed E-state index contributed by atoms with van der Waals surface area (Å²) in [6.07, 6.45) is 6.73. The molecule has 0 spiro atoms. The standard InChI is InChI=1S/C18H31NS/c1-5-19-17-13-14(2)8-9-16(17)18(3,4)11-10-15-7-6-12-20-15/h6-7,12,14,16-17,19H,5,8-11,13H2,1-4H3. The number of thiophene rings is 1. The molecule has 0 aromatic carbocycles. The number of hydrogen-bond donors (Lipinski definition) is 1. The third-order valence-corrected chi connectivity index (χ3v) is 6.11. The zero-order valence-electron chi connectivity index (χ0n) is 13.6. The molecule has 2 rings (SSSR count). The normalized spacial score (nSPS) is 27.7. The lowest BCUT2D eigenvalue weighted by Gasteiger charge is -2.45. The highest BCUT2D eigenvalue weighted by Crippen LogP contribution is 2.43. The van der Waals surface area contributed by atoms with Gasteiger partial charge >= 0.3 is 0 Å². The summed E-state index contributed by atoms with van der Waals surface area (Å²) >= 11 is 1.91. The van der Waals surface area contributed by atoms with Gasteiger partial charge in [0.05, 0.1) is 0 Å². The number of aryl methyl sites for hydroxylation is 1. The molecule has 0 amide bonds. The fraction of sp³-hybridized carbons (Fsp3) is 0.778. The lowest BCUT2D eigenvalue weighted by Crippen LogP contribution is -2.46. The molecule has 0 aliphatic heterocycles. The fourth-order valence-electron chi connectivity index (χ4n) is 3.89. The minimum atomic E-state index is 0.441. The Hall–Kier alpha value is -0.340. The second-order valence-corrected chi connectivity index (χ2v) is 8.29. The van der Waals surface area contributed by atoms with Crippen molar-refractivity contribution in [3.05, 3.63) is 22.4 Å². The monoisotopic (exact) mass is 293 g/mol. The first-order valence-corrected chi connectivity index (χ1v) is 9.16. The van der Waals surface area contributed by atoms with Crippen LogP contribution in [0.4, 0.5) is 0 Å². The highest BCUT2D eigenvalue weighted by molar-refractivity contribution is 7.09. The van der Waals surface area contributed by atoms with Crippen LogP contribution in [0.2, 0.25) is 0 Å². The third-order valence-electron chi connectivity index (χ3n) is 5.18. The van der Waals surface area contributed by atoms with E-state index in [1.165, 1.54) is 32.1 Å². The number of rotatable bonds is 6. The summed E-state index contributed by atoms with van der Waals surface area (Å²) in [5.74, 6) is 1.72. The van der Waals surface area contributed by atoms with E-state index in [0.717, 1.165) is 24.4 Å². The van der Waals surface area contributed by atoms with E-state index in [1.54, 1.807) is 4.88 Å². The van der Waals surface area contributed by atoms with Gasteiger partial charge in [-0.15, -0.1) is 11.3 Å². The van der Waals surface area contributed by atoms with Crippen LogP contribution in [0.3, 0.4) is 0 Å². The van der Waals surface area contributed by atoms with Crippen molar-refractivity contribution >= 4 is 11.3 Å². The first kappa shape index (κ1) is 16.0. The summed E-state index contributed by atoms with van der Waals surface area (Å²) in [4.78, 5) is 1.54. The van der Waals surface area contributed by atoms with Gasteiger partial charge in [0.2, 0.25) is 0 Å². The predicted molar refractivity (Wildman–Crippen MR) is 90.4 cm³/mol. The van der Waals surface area contributed by atoms with Crippen molar-refractivity contribution in [1.29, 1.82) is 0 Å². The molecule has 1 saturated carbocycles. The molecule has 20 heavy (non-hydrogen) atoms. The Morgan fingerprint density at radius 3 is 2.80 bits per heavy atom. The van der Waals surface area contributed by atoms with Gasteiger partial charge in [-0.3, -0.25) is 0 Å². The van der Waals surface area contributed by atoms with E-state index in [0.29, 0.717) is 5.41 Å². The molecule has 1 fully saturated rings.